The molecule has 20 heavy (non-hydrogen) atoms. The molecule has 1 heterocycles. The molecule has 0 saturated heterocycles. The van der Waals surface area contributed by atoms with E-state index in [1.165, 1.54) is 12.1 Å². The highest BCUT2D eigenvalue weighted by atomic mass is 79.9. The van der Waals surface area contributed by atoms with Gasteiger partial charge < -0.3 is 0 Å². The van der Waals surface area contributed by atoms with Gasteiger partial charge in [0.25, 0.3) is 0 Å². The van der Waals surface area contributed by atoms with Gasteiger partial charge in [-0.15, -0.1) is 0 Å². The van der Waals surface area contributed by atoms with Crippen molar-refractivity contribution in [2.45, 2.75) is 11.3 Å². The van der Waals surface area contributed by atoms with E-state index in [-0.39, 0.29) is 15.9 Å². The molecule has 1 aromatic carbocycles. The van der Waals surface area contributed by atoms with Crippen LogP contribution in [-0.4, -0.2) is 19.9 Å². The predicted octanol–water partition coefficient (Wildman–Crippen LogP) is 2.50. The molecule has 0 aliphatic carbocycles. The van der Waals surface area contributed by atoms with Crippen molar-refractivity contribution in [2.75, 3.05) is 6.54 Å². The molecule has 2 rings (SSSR count). The van der Waals surface area contributed by atoms with Crippen molar-refractivity contribution in [2.24, 2.45) is 0 Å². The Morgan fingerprint density at radius 3 is 2.70 bits per heavy atom. The number of nitrogens with zero attached hydrogens (tertiary/aromatic N) is 1. The summed E-state index contributed by atoms with van der Waals surface area (Å²) in [5, 5.41) is 0. The number of pyridine rings is 1. The van der Waals surface area contributed by atoms with Crippen LogP contribution in [0.1, 0.15) is 5.69 Å². The van der Waals surface area contributed by atoms with E-state index in [2.05, 4.69) is 25.6 Å². The first-order chi connectivity index (χ1) is 9.49. The summed E-state index contributed by atoms with van der Waals surface area (Å²) in [5.41, 5.74) is 0.789. The van der Waals surface area contributed by atoms with Crippen molar-refractivity contribution in [1.29, 1.82) is 0 Å². The standard InChI is InChI=1S/C13H12BrFN2O2S/c14-12-5-4-11(9-13(12)15)20(18,19)17-8-6-10-3-1-2-7-16-10/h1-5,7,9,17H,6,8H2. The zero-order chi connectivity index (χ0) is 14.6. The number of hydrogen-bond donors (Lipinski definition) is 1. The molecule has 0 aliphatic rings. The second kappa shape index (κ2) is 6.43. The summed E-state index contributed by atoms with van der Waals surface area (Å²) < 4.78 is 39.9. The molecule has 0 unspecified atom stereocenters. The lowest BCUT2D eigenvalue weighted by Crippen LogP contribution is -2.26. The van der Waals surface area contributed by atoms with Gasteiger partial charge in [0, 0.05) is 24.9 Å². The Morgan fingerprint density at radius 1 is 1.25 bits per heavy atom. The average Bonchev–Trinajstić information content (AvgIpc) is 2.43. The van der Waals surface area contributed by atoms with Crippen LogP contribution in [0.2, 0.25) is 0 Å². The Labute approximate surface area is 125 Å². The zero-order valence-electron chi connectivity index (χ0n) is 10.4. The summed E-state index contributed by atoms with van der Waals surface area (Å²) in [7, 11) is -3.71. The summed E-state index contributed by atoms with van der Waals surface area (Å²) in [5.74, 6) is -0.613. The van der Waals surface area contributed by atoms with E-state index in [1.54, 1.807) is 12.3 Å². The summed E-state index contributed by atoms with van der Waals surface area (Å²) >= 11 is 2.98. The topological polar surface area (TPSA) is 59.1 Å². The fraction of sp³-hybridized carbons (Fsp3) is 0.154. The Kier molecular flexibility index (Phi) is 4.85. The fourth-order valence-corrected chi connectivity index (χ4v) is 2.88. The van der Waals surface area contributed by atoms with Gasteiger partial charge in [0.05, 0.1) is 9.37 Å². The normalized spacial score (nSPS) is 11.5. The molecule has 0 fully saturated rings. The molecule has 0 aliphatic heterocycles. The Bertz CT molecular complexity index is 693. The predicted molar refractivity (Wildman–Crippen MR) is 77.2 cm³/mol. The van der Waals surface area contributed by atoms with E-state index in [1.807, 2.05) is 12.1 Å². The highest BCUT2D eigenvalue weighted by Gasteiger charge is 2.15. The molecule has 0 spiro atoms. The van der Waals surface area contributed by atoms with Crippen molar-refractivity contribution in [3.63, 3.8) is 0 Å². The molecule has 1 aromatic heterocycles. The third kappa shape index (κ3) is 3.84. The van der Waals surface area contributed by atoms with Crippen molar-refractivity contribution in [1.82, 2.24) is 9.71 Å². The van der Waals surface area contributed by atoms with Crippen molar-refractivity contribution < 1.29 is 12.8 Å². The molecule has 0 saturated carbocycles. The van der Waals surface area contributed by atoms with Gasteiger partial charge in [-0.1, -0.05) is 6.07 Å². The van der Waals surface area contributed by atoms with E-state index < -0.39 is 15.8 Å². The Hall–Kier alpha value is -1.31. The Morgan fingerprint density at radius 2 is 2.05 bits per heavy atom. The average molecular weight is 359 g/mol. The zero-order valence-corrected chi connectivity index (χ0v) is 12.8. The van der Waals surface area contributed by atoms with Crippen LogP contribution in [0.25, 0.3) is 0 Å². The highest BCUT2D eigenvalue weighted by Crippen LogP contribution is 2.19. The molecule has 4 nitrogen and oxygen atoms in total. The van der Waals surface area contributed by atoms with Crippen LogP contribution in [0, 0.1) is 5.82 Å². The van der Waals surface area contributed by atoms with Crippen LogP contribution in [0.5, 0.6) is 0 Å². The van der Waals surface area contributed by atoms with Gasteiger partial charge in [0.1, 0.15) is 5.82 Å². The molecule has 7 heteroatoms. The third-order valence-corrected chi connectivity index (χ3v) is 4.70. The molecule has 0 radical (unpaired) electrons. The van der Waals surface area contributed by atoms with Crippen molar-refractivity contribution in [3.8, 4) is 0 Å². The first kappa shape index (κ1) is 15.1. The third-order valence-electron chi connectivity index (χ3n) is 2.60. The molecule has 106 valence electrons. The first-order valence-electron chi connectivity index (χ1n) is 5.84. The number of halogens is 2. The first-order valence-corrected chi connectivity index (χ1v) is 8.11. The quantitative estimate of drug-likeness (QED) is 0.893. The van der Waals surface area contributed by atoms with Gasteiger partial charge >= 0.3 is 0 Å². The second-order valence-corrected chi connectivity index (χ2v) is 6.67. The number of benzene rings is 1. The van der Waals surface area contributed by atoms with Crippen LogP contribution in [0.4, 0.5) is 4.39 Å². The van der Waals surface area contributed by atoms with Crippen LogP contribution >= 0.6 is 15.9 Å². The second-order valence-electron chi connectivity index (χ2n) is 4.04. The number of nitrogens with one attached hydrogen (secondary N) is 1. The molecule has 2 aromatic rings. The number of sulfonamides is 1. The maximum absolute atomic E-state index is 13.3. The monoisotopic (exact) mass is 358 g/mol. The van der Waals surface area contributed by atoms with Crippen LogP contribution in [0.3, 0.4) is 0 Å². The minimum Gasteiger partial charge on any atom is -0.261 e. The fourth-order valence-electron chi connectivity index (χ4n) is 1.59. The van der Waals surface area contributed by atoms with Crippen LogP contribution in [0.15, 0.2) is 52.0 Å². The van der Waals surface area contributed by atoms with E-state index >= 15 is 0 Å². The van der Waals surface area contributed by atoms with E-state index in [9.17, 15) is 12.8 Å². The van der Waals surface area contributed by atoms with Crippen LogP contribution < -0.4 is 4.72 Å². The molecular weight excluding hydrogens is 347 g/mol. The summed E-state index contributed by atoms with van der Waals surface area (Å²) in [6.07, 6.45) is 2.12. The van der Waals surface area contributed by atoms with E-state index in [0.717, 1.165) is 11.8 Å². The Balaban J connectivity index is 2.02. The lowest BCUT2D eigenvalue weighted by molar-refractivity contribution is 0.576. The maximum atomic E-state index is 13.3. The van der Waals surface area contributed by atoms with Crippen molar-refractivity contribution >= 4 is 26.0 Å². The summed E-state index contributed by atoms with van der Waals surface area (Å²) in [6, 6.07) is 9.12. The molecule has 0 amide bonds. The lowest BCUT2D eigenvalue weighted by Gasteiger charge is -2.07. The molecular formula is C13H12BrFN2O2S. The van der Waals surface area contributed by atoms with Gasteiger partial charge in [-0.3, -0.25) is 4.98 Å². The summed E-state index contributed by atoms with van der Waals surface area (Å²) in [4.78, 5) is 4.00. The minimum absolute atomic E-state index is 0.0979. The maximum Gasteiger partial charge on any atom is 0.240 e. The number of hydrogen-bond acceptors (Lipinski definition) is 3. The van der Waals surface area contributed by atoms with Gasteiger partial charge in [-0.2, -0.15) is 0 Å². The van der Waals surface area contributed by atoms with Gasteiger partial charge in [-0.05, 0) is 46.3 Å². The summed E-state index contributed by atoms with van der Waals surface area (Å²) in [6.45, 7) is 0.205. The minimum atomic E-state index is -3.71. The lowest BCUT2D eigenvalue weighted by atomic mass is 10.3. The SMILES string of the molecule is O=S(=O)(NCCc1ccccn1)c1ccc(Br)c(F)c1. The molecule has 0 bridgehead atoms. The smallest absolute Gasteiger partial charge is 0.240 e. The van der Waals surface area contributed by atoms with Gasteiger partial charge in [0.15, 0.2) is 0 Å². The van der Waals surface area contributed by atoms with E-state index in [4.69, 9.17) is 0 Å². The van der Waals surface area contributed by atoms with Crippen LogP contribution in [-0.2, 0) is 16.4 Å². The highest BCUT2D eigenvalue weighted by molar-refractivity contribution is 9.10. The van der Waals surface area contributed by atoms with Gasteiger partial charge in [-0.25, -0.2) is 17.5 Å². The molecule has 0 atom stereocenters. The van der Waals surface area contributed by atoms with Gasteiger partial charge in [0.2, 0.25) is 10.0 Å². The number of rotatable bonds is 5. The largest absolute Gasteiger partial charge is 0.261 e. The van der Waals surface area contributed by atoms with E-state index in [0.29, 0.717) is 6.42 Å². The van der Waals surface area contributed by atoms with Crippen molar-refractivity contribution in [3.05, 3.63) is 58.6 Å². The number of aromatic nitrogens is 1. The molecule has 1 N–H and O–H groups in total.